The fourth-order valence-corrected chi connectivity index (χ4v) is 2.94. The highest BCUT2D eigenvalue weighted by molar-refractivity contribution is 5.85. The standard InChI is InChI=1S/C23H35NO9/c1-18(28)30-11-3-5-13-32-22-15-20(24(7-9-25)8-10-26)16-23(21(22)17-27)33-14-6-4-12-31-19(2)29/h15-17,25-26H,3-14H2,1-2H3. The maximum Gasteiger partial charge on any atom is 0.302 e. The zero-order chi connectivity index (χ0) is 24.5. The van der Waals surface area contributed by atoms with Gasteiger partial charge in [0.05, 0.1) is 45.2 Å². The molecule has 33 heavy (non-hydrogen) atoms. The summed E-state index contributed by atoms with van der Waals surface area (Å²) in [7, 11) is 0. The number of aldehydes is 1. The average Bonchev–Trinajstić information content (AvgIpc) is 2.77. The van der Waals surface area contributed by atoms with Crippen LogP contribution >= 0.6 is 0 Å². The van der Waals surface area contributed by atoms with Gasteiger partial charge in [0.15, 0.2) is 6.29 Å². The van der Waals surface area contributed by atoms with Gasteiger partial charge in [0.1, 0.15) is 11.5 Å². The molecule has 1 aromatic rings. The first-order valence-electron chi connectivity index (χ1n) is 11.0. The molecule has 0 fully saturated rings. The number of nitrogens with zero attached hydrogens (tertiary/aromatic N) is 1. The number of rotatable bonds is 18. The van der Waals surface area contributed by atoms with Crippen LogP contribution in [0.15, 0.2) is 12.1 Å². The van der Waals surface area contributed by atoms with Crippen molar-refractivity contribution in [1.82, 2.24) is 0 Å². The molecule has 1 rings (SSSR count). The molecule has 0 radical (unpaired) electrons. The van der Waals surface area contributed by atoms with Gasteiger partial charge in [-0.2, -0.15) is 0 Å². The number of hydrogen-bond acceptors (Lipinski definition) is 10. The van der Waals surface area contributed by atoms with E-state index in [1.165, 1.54) is 13.8 Å². The molecule has 0 bridgehead atoms. The summed E-state index contributed by atoms with van der Waals surface area (Å²) in [6.45, 7) is 4.21. The molecule has 2 N–H and O–H groups in total. The summed E-state index contributed by atoms with van der Waals surface area (Å²) >= 11 is 0. The van der Waals surface area contributed by atoms with Crippen LogP contribution in [0.4, 0.5) is 5.69 Å². The Kier molecular flexibility index (Phi) is 14.3. The molecule has 0 spiro atoms. The van der Waals surface area contributed by atoms with Crippen LogP contribution in [0.2, 0.25) is 0 Å². The third kappa shape index (κ3) is 11.5. The highest BCUT2D eigenvalue weighted by Crippen LogP contribution is 2.34. The number of carbonyl (C=O) groups excluding carboxylic acids is 3. The van der Waals surface area contributed by atoms with E-state index in [1.54, 1.807) is 17.0 Å². The number of benzene rings is 1. The maximum absolute atomic E-state index is 11.8. The van der Waals surface area contributed by atoms with Crippen molar-refractivity contribution in [3.05, 3.63) is 17.7 Å². The van der Waals surface area contributed by atoms with Crippen molar-refractivity contribution >= 4 is 23.9 Å². The number of aliphatic hydroxyl groups excluding tert-OH is 2. The Morgan fingerprint density at radius 3 is 1.61 bits per heavy atom. The molecule has 0 saturated heterocycles. The quantitative estimate of drug-likeness (QED) is 0.186. The second kappa shape index (κ2) is 16.7. The number of esters is 2. The van der Waals surface area contributed by atoms with Crippen molar-refractivity contribution in [3.8, 4) is 11.5 Å². The van der Waals surface area contributed by atoms with E-state index in [0.29, 0.717) is 75.6 Å². The zero-order valence-electron chi connectivity index (χ0n) is 19.4. The van der Waals surface area contributed by atoms with Gasteiger partial charge in [0.25, 0.3) is 0 Å². The molecule has 10 nitrogen and oxygen atoms in total. The maximum atomic E-state index is 11.8. The first kappa shape index (κ1) is 28.2. The molecule has 0 aliphatic carbocycles. The topological polar surface area (TPSA) is 132 Å². The van der Waals surface area contributed by atoms with E-state index in [4.69, 9.17) is 18.9 Å². The monoisotopic (exact) mass is 469 g/mol. The predicted molar refractivity (Wildman–Crippen MR) is 121 cm³/mol. The largest absolute Gasteiger partial charge is 0.493 e. The number of aliphatic hydroxyl groups is 2. The molecule has 0 amide bonds. The normalized spacial score (nSPS) is 10.4. The van der Waals surface area contributed by atoms with Crippen molar-refractivity contribution in [2.24, 2.45) is 0 Å². The van der Waals surface area contributed by atoms with Gasteiger partial charge in [0.2, 0.25) is 0 Å². The highest BCUT2D eigenvalue weighted by Gasteiger charge is 2.17. The van der Waals surface area contributed by atoms with E-state index >= 15 is 0 Å². The molecule has 0 atom stereocenters. The summed E-state index contributed by atoms with van der Waals surface area (Å²) in [6, 6.07) is 3.35. The molecular formula is C23H35NO9. The molecule has 0 unspecified atom stereocenters. The molecule has 10 heteroatoms. The fourth-order valence-electron chi connectivity index (χ4n) is 2.94. The molecule has 0 aromatic heterocycles. The summed E-state index contributed by atoms with van der Waals surface area (Å²) in [4.78, 5) is 35.3. The van der Waals surface area contributed by atoms with Gasteiger partial charge in [-0.3, -0.25) is 14.4 Å². The second-order valence-corrected chi connectivity index (χ2v) is 7.20. The lowest BCUT2D eigenvalue weighted by molar-refractivity contribution is -0.142. The van der Waals surface area contributed by atoms with Gasteiger partial charge in [0, 0.05) is 44.8 Å². The number of unbranched alkanes of at least 4 members (excludes halogenated alkanes) is 2. The lowest BCUT2D eigenvalue weighted by Gasteiger charge is -2.25. The van der Waals surface area contributed by atoms with Gasteiger partial charge in [-0.25, -0.2) is 0 Å². The van der Waals surface area contributed by atoms with Crippen LogP contribution in [-0.2, 0) is 19.1 Å². The van der Waals surface area contributed by atoms with Gasteiger partial charge in [-0.1, -0.05) is 0 Å². The molecule has 1 aromatic carbocycles. The minimum atomic E-state index is -0.339. The summed E-state index contributed by atoms with van der Waals surface area (Å²) in [5, 5.41) is 18.8. The van der Waals surface area contributed by atoms with E-state index in [0.717, 1.165) is 0 Å². The summed E-state index contributed by atoms with van der Waals surface area (Å²) in [6.07, 6.45) is 3.11. The number of ether oxygens (including phenoxy) is 4. The van der Waals surface area contributed by atoms with Crippen molar-refractivity contribution in [2.75, 3.05) is 57.6 Å². The summed E-state index contributed by atoms with van der Waals surface area (Å²) in [5.41, 5.74) is 0.889. The molecule has 0 aliphatic rings. The summed E-state index contributed by atoms with van der Waals surface area (Å²) < 4.78 is 21.5. The van der Waals surface area contributed by atoms with E-state index in [1.807, 2.05) is 0 Å². The predicted octanol–water partition coefficient (Wildman–Crippen LogP) is 1.73. The van der Waals surface area contributed by atoms with Crippen LogP contribution < -0.4 is 14.4 Å². The van der Waals surface area contributed by atoms with Crippen molar-refractivity contribution in [2.45, 2.75) is 39.5 Å². The highest BCUT2D eigenvalue weighted by atomic mass is 16.5. The van der Waals surface area contributed by atoms with E-state index in [9.17, 15) is 24.6 Å². The van der Waals surface area contributed by atoms with Crippen molar-refractivity contribution < 1.29 is 43.5 Å². The Hall–Kier alpha value is -2.85. The lowest BCUT2D eigenvalue weighted by Crippen LogP contribution is -2.29. The van der Waals surface area contributed by atoms with E-state index < -0.39 is 0 Å². The van der Waals surface area contributed by atoms with Gasteiger partial charge in [-0.15, -0.1) is 0 Å². The minimum absolute atomic E-state index is 0.117. The number of anilines is 1. The Morgan fingerprint density at radius 2 is 1.24 bits per heavy atom. The van der Waals surface area contributed by atoms with Crippen LogP contribution in [0.25, 0.3) is 0 Å². The number of carbonyl (C=O) groups is 3. The Morgan fingerprint density at radius 1 is 0.818 bits per heavy atom. The Balaban J connectivity index is 2.92. The Labute approximate surface area is 194 Å². The SMILES string of the molecule is CC(=O)OCCCCOc1cc(N(CCO)CCO)cc(OCCCCOC(C)=O)c1C=O. The number of hydrogen-bond donors (Lipinski definition) is 2. The molecular weight excluding hydrogens is 434 g/mol. The van der Waals surface area contributed by atoms with Crippen LogP contribution in [0.5, 0.6) is 11.5 Å². The Bertz CT molecular complexity index is 686. The van der Waals surface area contributed by atoms with Gasteiger partial charge >= 0.3 is 11.9 Å². The van der Waals surface area contributed by atoms with Crippen LogP contribution in [0.3, 0.4) is 0 Å². The molecule has 0 aliphatic heterocycles. The molecule has 186 valence electrons. The second-order valence-electron chi connectivity index (χ2n) is 7.20. The summed E-state index contributed by atoms with van der Waals surface area (Å²) in [5.74, 6) is -0.0275. The smallest absolute Gasteiger partial charge is 0.302 e. The molecule has 0 saturated carbocycles. The third-order valence-electron chi connectivity index (χ3n) is 4.51. The van der Waals surface area contributed by atoms with Crippen LogP contribution in [0, 0.1) is 0 Å². The average molecular weight is 470 g/mol. The van der Waals surface area contributed by atoms with Crippen LogP contribution in [-0.4, -0.2) is 81.2 Å². The van der Waals surface area contributed by atoms with E-state index in [-0.39, 0.29) is 43.8 Å². The van der Waals surface area contributed by atoms with Gasteiger partial charge < -0.3 is 34.1 Å². The van der Waals surface area contributed by atoms with Crippen molar-refractivity contribution in [1.29, 1.82) is 0 Å². The lowest BCUT2D eigenvalue weighted by atomic mass is 10.1. The van der Waals surface area contributed by atoms with Gasteiger partial charge in [-0.05, 0) is 25.7 Å². The first-order valence-corrected chi connectivity index (χ1v) is 11.0. The first-order chi connectivity index (χ1) is 15.9. The van der Waals surface area contributed by atoms with E-state index in [2.05, 4.69) is 0 Å². The minimum Gasteiger partial charge on any atom is -0.493 e. The zero-order valence-corrected chi connectivity index (χ0v) is 19.4. The van der Waals surface area contributed by atoms with Crippen molar-refractivity contribution in [3.63, 3.8) is 0 Å². The van der Waals surface area contributed by atoms with Crippen LogP contribution in [0.1, 0.15) is 49.9 Å². The molecule has 0 heterocycles. The third-order valence-corrected chi connectivity index (χ3v) is 4.51. The fraction of sp³-hybridized carbons (Fsp3) is 0.609.